The average molecular weight is 223 g/mol. The Kier molecular flexibility index (Phi) is 2.58. The van der Waals surface area contributed by atoms with Crippen LogP contribution < -0.4 is 0 Å². The summed E-state index contributed by atoms with van der Waals surface area (Å²) in [6.45, 7) is 9.02. The third-order valence-electron chi connectivity index (χ3n) is 3.99. The molecule has 0 bridgehead atoms. The van der Waals surface area contributed by atoms with Gasteiger partial charge >= 0.3 is 0 Å². The van der Waals surface area contributed by atoms with Crippen LogP contribution in [0.15, 0.2) is 18.2 Å². The van der Waals surface area contributed by atoms with Crippen LogP contribution in [0, 0.1) is 25.2 Å². The zero-order chi connectivity index (χ0) is 11.2. The SMILES string of the molecule is Cc1ccc(C)c(C2C(CCl)C2(C)C)c1. The molecule has 2 rings (SSSR count). The molecule has 0 nitrogen and oxygen atoms in total. The molecule has 1 aliphatic rings. The number of aryl methyl sites for hydroxylation is 2. The molecule has 2 unspecified atom stereocenters. The molecule has 2 atom stereocenters. The quantitative estimate of drug-likeness (QED) is 0.656. The van der Waals surface area contributed by atoms with Crippen LogP contribution in [0.1, 0.15) is 36.5 Å². The van der Waals surface area contributed by atoms with Crippen LogP contribution in [0.5, 0.6) is 0 Å². The monoisotopic (exact) mass is 222 g/mol. The standard InChI is InChI=1S/C14H19Cl/c1-9-5-6-10(2)11(7-9)13-12(8-15)14(13,3)4/h5-7,12-13H,8H2,1-4H3. The molecule has 0 amide bonds. The van der Waals surface area contributed by atoms with Crippen molar-refractivity contribution in [3.8, 4) is 0 Å². The van der Waals surface area contributed by atoms with E-state index in [1.54, 1.807) is 0 Å². The third-order valence-corrected chi connectivity index (χ3v) is 4.32. The molecular formula is C14H19Cl. The van der Waals surface area contributed by atoms with Crippen molar-refractivity contribution in [3.63, 3.8) is 0 Å². The van der Waals surface area contributed by atoms with Crippen LogP contribution in [0.3, 0.4) is 0 Å². The molecule has 0 saturated heterocycles. The topological polar surface area (TPSA) is 0 Å². The van der Waals surface area contributed by atoms with E-state index in [4.69, 9.17) is 11.6 Å². The summed E-state index contributed by atoms with van der Waals surface area (Å²) in [4.78, 5) is 0. The van der Waals surface area contributed by atoms with E-state index in [2.05, 4.69) is 45.9 Å². The lowest BCUT2D eigenvalue weighted by Gasteiger charge is -2.08. The highest BCUT2D eigenvalue weighted by Gasteiger charge is 2.57. The normalized spacial score (nSPS) is 27.8. The zero-order valence-electron chi connectivity index (χ0n) is 9.97. The molecule has 0 heterocycles. The zero-order valence-corrected chi connectivity index (χ0v) is 10.7. The molecule has 1 aromatic rings. The summed E-state index contributed by atoms with van der Waals surface area (Å²) >= 11 is 6.02. The highest BCUT2D eigenvalue weighted by molar-refractivity contribution is 6.18. The maximum absolute atomic E-state index is 6.02. The van der Waals surface area contributed by atoms with Gasteiger partial charge in [0, 0.05) is 5.88 Å². The van der Waals surface area contributed by atoms with Crippen LogP contribution in [-0.2, 0) is 0 Å². The number of halogens is 1. The first kappa shape index (κ1) is 11.0. The fourth-order valence-corrected chi connectivity index (χ4v) is 3.32. The molecule has 1 aliphatic carbocycles. The lowest BCUT2D eigenvalue weighted by atomic mass is 9.97. The van der Waals surface area contributed by atoms with E-state index in [1.807, 2.05) is 0 Å². The van der Waals surface area contributed by atoms with Gasteiger partial charge in [0.2, 0.25) is 0 Å². The molecule has 1 saturated carbocycles. The van der Waals surface area contributed by atoms with Crippen molar-refractivity contribution in [3.05, 3.63) is 34.9 Å². The van der Waals surface area contributed by atoms with Gasteiger partial charge in [0.25, 0.3) is 0 Å². The minimum Gasteiger partial charge on any atom is -0.126 e. The summed E-state index contributed by atoms with van der Waals surface area (Å²) in [6, 6.07) is 6.74. The first-order chi connectivity index (χ1) is 6.98. The van der Waals surface area contributed by atoms with Crippen LogP contribution >= 0.6 is 11.6 Å². The maximum Gasteiger partial charge on any atom is 0.0263 e. The summed E-state index contributed by atoms with van der Waals surface area (Å²) in [6.07, 6.45) is 0. The molecule has 0 aromatic heterocycles. The van der Waals surface area contributed by atoms with Crippen molar-refractivity contribution >= 4 is 11.6 Å². The van der Waals surface area contributed by atoms with Crippen molar-refractivity contribution in [2.24, 2.45) is 11.3 Å². The van der Waals surface area contributed by atoms with Crippen LogP contribution in [0.25, 0.3) is 0 Å². The van der Waals surface area contributed by atoms with E-state index in [0.717, 1.165) is 5.88 Å². The van der Waals surface area contributed by atoms with Gasteiger partial charge in [-0.25, -0.2) is 0 Å². The minimum absolute atomic E-state index is 0.389. The van der Waals surface area contributed by atoms with Crippen molar-refractivity contribution in [1.82, 2.24) is 0 Å². The molecule has 82 valence electrons. The average Bonchev–Trinajstić information content (AvgIpc) is 2.72. The molecule has 0 radical (unpaired) electrons. The number of rotatable bonds is 2. The van der Waals surface area contributed by atoms with Crippen molar-refractivity contribution in [2.75, 3.05) is 5.88 Å². The second-order valence-electron chi connectivity index (χ2n) is 5.42. The summed E-state index contributed by atoms with van der Waals surface area (Å²) in [5.41, 5.74) is 4.66. The summed E-state index contributed by atoms with van der Waals surface area (Å²) in [7, 11) is 0. The van der Waals surface area contributed by atoms with Gasteiger partial charge in [-0.3, -0.25) is 0 Å². The van der Waals surface area contributed by atoms with Crippen molar-refractivity contribution < 1.29 is 0 Å². The first-order valence-electron chi connectivity index (χ1n) is 5.61. The van der Waals surface area contributed by atoms with E-state index in [1.165, 1.54) is 16.7 Å². The maximum atomic E-state index is 6.02. The summed E-state index contributed by atoms with van der Waals surface area (Å²) < 4.78 is 0. The Labute approximate surface area is 97.6 Å². The highest BCUT2D eigenvalue weighted by atomic mass is 35.5. The molecule has 1 aromatic carbocycles. The number of hydrogen-bond donors (Lipinski definition) is 0. The van der Waals surface area contributed by atoms with Gasteiger partial charge in [-0.05, 0) is 42.2 Å². The van der Waals surface area contributed by atoms with Gasteiger partial charge in [0.05, 0.1) is 0 Å². The second-order valence-corrected chi connectivity index (χ2v) is 5.73. The molecule has 0 spiro atoms. The first-order valence-corrected chi connectivity index (χ1v) is 6.15. The fraction of sp³-hybridized carbons (Fsp3) is 0.571. The number of hydrogen-bond acceptors (Lipinski definition) is 0. The summed E-state index contributed by atoms with van der Waals surface area (Å²) in [5, 5.41) is 0. The Hall–Kier alpha value is -0.490. The fourth-order valence-electron chi connectivity index (χ4n) is 2.74. The largest absolute Gasteiger partial charge is 0.126 e. The number of benzene rings is 1. The molecule has 1 fully saturated rings. The molecular weight excluding hydrogens is 204 g/mol. The molecule has 0 aliphatic heterocycles. The Morgan fingerprint density at radius 3 is 2.47 bits per heavy atom. The van der Waals surface area contributed by atoms with Gasteiger partial charge in [0.15, 0.2) is 0 Å². The highest BCUT2D eigenvalue weighted by Crippen LogP contribution is 2.65. The lowest BCUT2D eigenvalue weighted by molar-refractivity contribution is 0.577. The van der Waals surface area contributed by atoms with Crippen LogP contribution in [0.4, 0.5) is 0 Å². The molecule has 0 N–H and O–H groups in total. The predicted octanol–water partition coefficient (Wildman–Crippen LogP) is 4.28. The molecule has 1 heteroatoms. The number of alkyl halides is 1. The van der Waals surface area contributed by atoms with E-state index >= 15 is 0 Å². The van der Waals surface area contributed by atoms with Gasteiger partial charge < -0.3 is 0 Å². The minimum atomic E-state index is 0.389. The lowest BCUT2D eigenvalue weighted by Crippen LogP contribution is -1.93. The van der Waals surface area contributed by atoms with Crippen molar-refractivity contribution in [1.29, 1.82) is 0 Å². The Morgan fingerprint density at radius 1 is 1.27 bits per heavy atom. The van der Waals surface area contributed by atoms with Crippen molar-refractivity contribution in [2.45, 2.75) is 33.6 Å². The smallest absolute Gasteiger partial charge is 0.0263 e. The van der Waals surface area contributed by atoms with E-state index in [0.29, 0.717) is 17.3 Å². The van der Waals surface area contributed by atoms with Gasteiger partial charge in [-0.15, -0.1) is 11.6 Å². The Bertz CT molecular complexity index is 379. The van der Waals surface area contributed by atoms with E-state index < -0.39 is 0 Å². The van der Waals surface area contributed by atoms with Gasteiger partial charge in [-0.1, -0.05) is 37.6 Å². The summed E-state index contributed by atoms with van der Waals surface area (Å²) in [5.74, 6) is 2.10. The predicted molar refractivity (Wildman–Crippen MR) is 66.6 cm³/mol. The molecule has 15 heavy (non-hydrogen) atoms. The van der Waals surface area contributed by atoms with Crippen LogP contribution in [0.2, 0.25) is 0 Å². The Morgan fingerprint density at radius 2 is 1.93 bits per heavy atom. The second kappa shape index (κ2) is 3.52. The van der Waals surface area contributed by atoms with E-state index in [9.17, 15) is 0 Å². The van der Waals surface area contributed by atoms with Crippen LogP contribution in [-0.4, -0.2) is 5.88 Å². The van der Waals surface area contributed by atoms with Gasteiger partial charge in [-0.2, -0.15) is 0 Å². The van der Waals surface area contributed by atoms with Gasteiger partial charge in [0.1, 0.15) is 0 Å². The third kappa shape index (κ3) is 1.69. The van der Waals surface area contributed by atoms with E-state index in [-0.39, 0.29) is 0 Å². The Balaban J connectivity index is 2.36.